The van der Waals surface area contributed by atoms with Gasteiger partial charge in [0.2, 0.25) is 5.91 Å². The molecule has 0 spiro atoms. The van der Waals surface area contributed by atoms with Crippen molar-refractivity contribution in [3.63, 3.8) is 0 Å². The molecule has 0 aromatic rings. The largest absolute Gasteiger partial charge is 0.394 e. The first-order valence-electron chi connectivity index (χ1n) is 4.30. The molecule has 0 aliphatic carbocycles. The number of aliphatic hydroxyl groups excluding tert-OH is 2. The molecule has 0 aliphatic heterocycles. The molecular weight excluding hydrogens is 172 g/mol. The number of hydrogen-bond acceptors (Lipinski definition) is 4. The Morgan fingerprint density at radius 3 is 2.23 bits per heavy atom. The van der Waals surface area contributed by atoms with Crippen molar-refractivity contribution in [1.29, 1.82) is 0 Å². The van der Waals surface area contributed by atoms with Crippen LogP contribution in [0.4, 0.5) is 0 Å². The molecule has 5 N–H and O–H groups in total. The monoisotopic (exact) mass is 190 g/mol. The van der Waals surface area contributed by atoms with E-state index in [1.54, 1.807) is 13.8 Å². The minimum absolute atomic E-state index is 0.293. The van der Waals surface area contributed by atoms with Gasteiger partial charge in [-0.3, -0.25) is 4.79 Å². The van der Waals surface area contributed by atoms with E-state index < -0.39 is 11.6 Å². The van der Waals surface area contributed by atoms with Gasteiger partial charge in [0.15, 0.2) is 0 Å². The van der Waals surface area contributed by atoms with Crippen LogP contribution in [0.15, 0.2) is 0 Å². The summed E-state index contributed by atoms with van der Waals surface area (Å²) in [4.78, 5) is 11.2. The molecule has 5 nitrogen and oxygen atoms in total. The van der Waals surface area contributed by atoms with Gasteiger partial charge >= 0.3 is 0 Å². The molecule has 13 heavy (non-hydrogen) atoms. The summed E-state index contributed by atoms with van der Waals surface area (Å²) in [6.45, 7) is 2.73. The van der Waals surface area contributed by atoms with E-state index in [9.17, 15) is 4.79 Å². The third-order valence-electron chi connectivity index (χ3n) is 2.08. The van der Waals surface area contributed by atoms with E-state index in [0.29, 0.717) is 6.42 Å². The molecule has 0 unspecified atom stereocenters. The molecule has 0 radical (unpaired) electrons. The molecule has 5 heteroatoms. The highest BCUT2D eigenvalue weighted by molar-refractivity contribution is 5.81. The van der Waals surface area contributed by atoms with Crippen molar-refractivity contribution < 1.29 is 15.0 Å². The molecule has 78 valence electrons. The van der Waals surface area contributed by atoms with Crippen LogP contribution in [0.1, 0.15) is 20.3 Å². The van der Waals surface area contributed by atoms with Gasteiger partial charge in [-0.05, 0) is 13.3 Å². The van der Waals surface area contributed by atoms with Crippen LogP contribution in [0.3, 0.4) is 0 Å². The van der Waals surface area contributed by atoms with Gasteiger partial charge in [-0.15, -0.1) is 0 Å². The molecule has 0 aromatic carbocycles. The maximum absolute atomic E-state index is 11.2. The predicted octanol–water partition coefficient (Wildman–Crippen LogP) is -1.42. The number of aliphatic hydroxyl groups is 2. The SMILES string of the molecule is CCC(CO)(CO)NC(=O)[C@H](C)N. The van der Waals surface area contributed by atoms with Crippen molar-refractivity contribution in [1.82, 2.24) is 5.32 Å². The number of hydrogen-bond donors (Lipinski definition) is 4. The first kappa shape index (κ1) is 12.3. The Balaban J connectivity index is 4.33. The molecule has 0 bridgehead atoms. The normalized spacial score (nSPS) is 13.9. The Labute approximate surface area is 77.9 Å². The molecule has 0 aliphatic rings. The van der Waals surface area contributed by atoms with Crippen LogP contribution in [-0.2, 0) is 4.79 Å². The minimum Gasteiger partial charge on any atom is -0.394 e. The lowest BCUT2D eigenvalue weighted by molar-refractivity contribution is -0.125. The standard InChI is InChI=1S/C8H18N2O3/c1-3-8(4-11,5-12)10-7(13)6(2)9/h6,11-12H,3-5,9H2,1-2H3,(H,10,13)/t6-/m0/s1. The highest BCUT2D eigenvalue weighted by Gasteiger charge is 2.29. The van der Waals surface area contributed by atoms with E-state index in [-0.39, 0.29) is 19.1 Å². The number of nitrogens with two attached hydrogens (primary N) is 1. The quantitative estimate of drug-likeness (QED) is 0.428. The van der Waals surface area contributed by atoms with Gasteiger partial charge in [-0.25, -0.2) is 0 Å². The molecule has 1 atom stereocenters. The second-order valence-corrected chi connectivity index (χ2v) is 3.23. The molecule has 0 heterocycles. The summed E-state index contributed by atoms with van der Waals surface area (Å²) in [5.74, 6) is -0.370. The summed E-state index contributed by atoms with van der Waals surface area (Å²) in [5, 5.41) is 20.5. The van der Waals surface area contributed by atoms with E-state index in [1.807, 2.05) is 0 Å². The van der Waals surface area contributed by atoms with Gasteiger partial charge in [0.1, 0.15) is 0 Å². The van der Waals surface area contributed by atoms with E-state index in [4.69, 9.17) is 15.9 Å². The zero-order chi connectivity index (χ0) is 10.5. The summed E-state index contributed by atoms with van der Waals surface area (Å²) >= 11 is 0. The summed E-state index contributed by atoms with van der Waals surface area (Å²) < 4.78 is 0. The Hall–Kier alpha value is -0.650. The van der Waals surface area contributed by atoms with Crippen molar-refractivity contribution in [2.75, 3.05) is 13.2 Å². The first-order chi connectivity index (χ1) is 6.01. The Morgan fingerprint density at radius 1 is 1.54 bits per heavy atom. The number of amides is 1. The van der Waals surface area contributed by atoms with Crippen molar-refractivity contribution >= 4 is 5.91 Å². The van der Waals surface area contributed by atoms with Crippen LogP contribution in [0.2, 0.25) is 0 Å². The lowest BCUT2D eigenvalue weighted by Crippen LogP contribution is -2.57. The Bertz CT molecular complexity index is 159. The Kier molecular flexibility index (Phi) is 4.90. The van der Waals surface area contributed by atoms with Crippen LogP contribution in [0.5, 0.6) is 0 Å². The number of carbonyl (C=O) groups is 1. The molecule has 1 amide bonds. The number of carbonyl (C=O) groups excluding carboxylic acids is 1. The van der Waals surface area contributed by atoms with Gasteiger partial charge < -0.3 is 21.3 Å². The lowest BCUT2D eigenvalue weighted by Gasteiger charge is -2.30. The minimum atomic E-state index is -0.940. The van der Waals surface area contributed by atoms with Crippen molar-refractivity contribution in [3.05, 3.63) is 0 Å². The topological polar surface area (TPSA) is 95.6 Å². The fraction of sp³-hybridized carbons (Fsp3) is 0.875. The maximum Gasteiger partial charge on any atom is 0.237 e. The fourth-order valence-electron chi connectivity index (χ4n) is 0.816. The van der Waals surface area contributed by atoms with Gasteiger partial charge in [-0.1, -0.05) is 6.92 Å². The predicted molar refractivity (Wildman–Crippen MR) is 49.0 cm³/mol. The van der Waals surface area contributed by atoms with E-state index >= 15 is 0 Å². The van der Waals surface area contributed by atoms with E-state index in [1.165, 1.54) is 0 Å². The fourth-order valence-corrected chi connectivity index (χ4v) is 0.816. The van der Waals surface area contributed by atoms with E-state index in [2.05, 4.69) is 5.32 Å². The molecule has 0 saturated carbocycles. The molecular formula is C8H18N2O3. The zero-order valence-corrected chi connectivity index (χ0v) is 8.08. The zero-order valence-electron chi connectivity index (χ0n) is 8.08. The van der Waals surface area contributed by atoms with Crippen LogP contribution in [-0.4, -0.2) is 40.9 Å². The van der Waals surface area contributed by atoms with Crippen LogP contribution in [0, 0.1) is 0 Å². The van der Waals surface area contributed by atoms with Crippen molar-refractivity contribution in [2.45, 2.75) is 31.8 Å². The van der Waals surface area contributed by atoms with Crippen LogP contribution >= 0.6 is 0 Å². The highest BCUT2D eigenvalue weighted by atomic mass is 16.3. The van der Waals surface area contributed by atoms with Crippen molar-refractivity contribution in [2.24, 2.45) is 5.73 Å². The van der Waals surface area contributed by atoms with Crippen LogP contribution in [0.25, 0.3) is 0 Å². The summed E-state index contributed by atoms with van der Waals surface area (Å²) in [7, 11) is 0. The Morgan fingerprint density at radius 2 is 2.00 bits per heavy atom. The summed E-state index contributed by atoms with van der Waals surface area (Å²) in [5.41, 5.74) is 4.39. The van der Waals surface area contributed by atoms with Gasteiger partial charge in [0, 0.05) is 0 Å². The average molecular weight is 190 g/mol. The van der Waals surface area contributed by atoms with Gasteiger partial charge in [-0.2, -0.15) is 0 Å². The van der Waals surface area contributed by atoms with Crippen LogP contribution < -0.4 is 11.1 Å². The molecule has 0 rings (SSSR count). The maximum atomic E-state index is 11.2. The molecule has 0 saturated heterocycles. The third kappa shape index (κ3) is 3.30. The molecule has 0 fully saturated rings. The number of rotatable bonds is 5. The smallest absolute Gasteiger partial charge is 0.237 e. The first-order valence-corrected chi connectivity index (χ1v) is 4.30. The van der Waals surface area contributed by atoms with Gasteiger partial charge in [0.25, 0.3) is 0 Å². The van der Waals surface area contributed by atoms with E-state index in [0.717, 1.165) is 0 Å². The highest BCUT2D eigenvalue weighted by Crippen LogP contribution is 2.08. The summed E-state index contributed by atoms with van der Waals surface area (Å²) in [6, 6.07) is -0.635. The third-order valence-corrected chi connectivity index (χ3v) is 2.08. The molecule has 0 aromatic heterocycles. The summed E-state index contributed by atoms with van der Waals surface area (Å²) in [6.07, 6.45) is 0.457. The number of nitrogens with one attached hydrogen (secondary N) is 1. The second kappa shape index (κ2) is 5.16. The van der Waals surface area contributed by atoms with Crippen molar-refractivity contribution in [3.8, 4) is 0 Å². The van der Waals surface area contributed by atoms with Gasteiger partial charge in [0.05, 0.1) is 24.8 Å². The lowest BCUT2D eigenvalue weighted by atomic mass is 9.98. The second-order valence-electron chi connectivity index (χ2n) is 3.23. The average Bonchev–Trinajstić information content (AvgIpc) is 2.14.